The van der Waals surface area contributed by atoms with Gasteiger partial charge in [0.1, 0.15) is 5.82 Å². The van der Waals surface area contributed by atoms with Gasteiger partial charge < -0.3 is 14.7 Å². The number of hydrogen-bond donors (Lipinski definition) is 0. The van der Waals surface area contributed by atoms with Crippen molar-refractivity contribution in [1.29, 1.82) is 0 Å². The average molecular weight is 543 g/mol. The van der Waals surface area contributed by atoms with E-state index in [-0.39, 0.29) is 11.8 Å². The quantitative estimate of drug-likeness (QED) is 0.251. The predicted molar refractivity (Wildman–Crippen MR) is 161 cm³/mol. The molecule has 7 heteroatoms. The first kappa shape index (κ1) is 27.1. The Hall–Kier alpha value is -3.45. The van der Waals surface area contributed by atoms with Gasteiger partial charge in [0.2, 0.25) is 11.8 Å². The van der Waals surface area contributed by atoms with Crippen LogP contribution in [-0.2, 0) is 16.1 Å². The highest BCUT2D eigenvalue weighted by Crippen LogP contribution is 2.28. The number of hydrogen-bond acceptors (Lipinski definition) is 5. The Morgan fingerprint density at radius 2 is 1.95 bits per heavy atom. The highest BCUT2D eigenvalue weighted by Gasteiger charge is 2.24. The van der Waals surface area contributed by atoms with Crippen LogP contribution < -0.4 is 4.90 Å². The molecule has 2 aromatic heterocycles. The number of fused-ring (bicyclic) bond motifs is 1. The van der Waals surface area contributed by atoms with Crippen molar-refractivity contribution >= 4 is 45.9 Å². The lowest BCUT2D eigenvalue weighted by Gasteiger charge is -2.36. The fourth-order valence-corrected chi connectivity index (χ4v) is 6.10. The first-order chi connectivity index (χ1) is 19.0. The molecule has 0 bridgehead atoms. The third kappa shape index (κ3) is 6.95. The molecular weight excluding hydrogens is 504 g/mol. The van der Waals surface area contributed by atoms with Crippen LogP contribution in [0.2, 0.25) is 0 Å². The van der Waals surface area contributed by atoms with Crippen LogP contribution in [0.15, 0.2) is 59.5 Å². The number of rotatable bonds is 8. The Bertz CT molecular complexity index is 1370. The molecule has 2 amide bonds. The predicted octanol–water partition coefficient (Wildman–Crippen LogP) is 6.21. The molecule has 1 aliphatic carbocycles. The van der Waals surface area contributed by atoms with E-state index < -0.39 is 0 Å². The van der Waals surface area contributed by atoms with Gasteiger partial charge in [-0.2, -0.15) is 0 Å². The van der Waals surface area contributed by atoms with Crippen LogP contribution in [0, 0.1) is 6.92 Å². The van der Waals surface area contributed by atoms with E-state index in [0.29, 0.717) is 26.2 Å². The SMILES string of the molecule is CC(=O)N1CCN(c2nc3ccc(C)cc3cc2CN(CCC2=CCCCC2)C(=O)/C=C/c2cccs2)CC1. The highest BCUT2D eigenvalue weighted by atomic mass is 32.1. The molecule has 3 heterocycles. The zero-order valence-corrected chi connectivity index (χ0v) is 23.9. The van der Waals surface area contributed by atoms with Crippen molar-refractivity contribution in [3.05, 3.63) is 75.5 Å². The van der Waals surface area contributed by atoms with Gasteiger partial charge >= 0.3 is 0 Å². The van der Waals surface area contributed by atoms with Gasteiger partial charge in [-0.3, -0.25) is 9.59 Å². The summed E-state index contributed by atoms with van der Waals surface area (Å²) in [5.74, 6) is 1.06. The van der Waals surface area contributed by atoms with E-state index in [2.05, 4.69) is 42.2 Å². The number of allylic oxidation sites excluding steroid dienone is 1. The molecule has 3 aromatic rings. The van der Waals surface area contributed by atoms with Crippen molar-refractivity contribution in [2.45, 2.75) is 52.5 Å². The molecule has 0 atom stereocenters. The zero-order valence-electron chi connectivity index (χ0n) is 23.1. The van der Waals surface area contributed by atoms with E-state index >= 15 is 0 Å². The minimum Gasteiger partial charge on any atom is -0.353 e. The van der Waals surface area contributed by atoms with E-state index in [9.17, 15) is 9.59 Å². The highest BCUT2D eigenvalue weighted by molar-refractivity contribution is 7.10. The number of benzene rings is 1. The molecule has 1 aromatic carbocycles. The normalized spacial score (nSPS) is 16.1. The van der Waals surface area contributed by atoms with Gasteiger partial charge in [0, 0.05) is 68.1 Å². The van der Waals surface area contributed by atoms with Gasteiger partial charge in [-0.1, -0.05) is 29.3 Å². The number of aromatic nitrogens is 1. The van der Waals surface area contributed by atoms with Crippen LogP contribution in [-0.4, -0.2) is 59.3 Å². The molecule has 204 valence electrons. The second-order valence-electron chi connectivity index (χ2n) is 10.6. The molecule has 6 nitrogen and oxygen atoms in total. The average Bonchev–Trinajstić information content (AvgIpc) is 3.48. The maximum absolute atomic E-state index is 13.6. The number of aryl methyl sites for hydroxylation is 1. The molecule has 2 aliphatic rings. The Morgan fingerprint density at radius 3 is 2.67 bits per heavy atom. The summed E-state index contributed by atoms with van der Waals surface area (Å²) in [5.41, 5.74) is 4.67. The van der Waals surface area contributed by atoms with E-state index in [1.54, 1.807) is 24.3 Å². The van der Waals surface area contributed by atoms with Gasteiger partial charge in [-0.05, 0) is 74.7 Å². The summed E-state index contributed by atoms with van der Waals surface area (Å²) < 4.78 is 0. The molecule has 1 saturated heterocycles. The Kier molecular flexibility index (Phi) is 8.77. The van der Waals surface area contributed by atoms with Crippen molar-refractivity contribution in [3.8, 4) is 0 Å². The van der Waals surface area contributed by atoms with Crippen LogP contribution in [0.3, 0.4) is 0 Å². The zero-order chi connectivity index (χ0) is 27.2. The van der Waals surface area contributed by atoms with E-state index in [1.165, 1.54) is 24.0 Å². The summed E-state index contributed by atoms with van der Waals surface area (Å²) in [4.78, 5) is 37.8. The lowest BCUT2D eigenvalue weighted by Crippen LogP contribution is -2.48. The second-order valence-corrected chi connectivity index (χ2v) is 11.6. The fourth-order valence-electron chi connectivity index (χ4n) is 5.48. The summed E-state index contributed by atoms with van der Waals surface area (Å²) in [6.45, 7) is 7.74. The topological polar surface area (TPSA) is 56.8 Å². The lowest BCUT2D eigenvalue weighted by atomic mass is 9.97. The Morgan fingerprint density at radius 1 is 1.10 bits per heavy atom. The second kappa shape index (κ2) is 12.6. The van der Waals surface area contributed by atoms with E-state index in [1.807, 2.05) is 33.4 Å². The summed E-state index contributed by atoms with van der Waals surface area (Å²) in [7, 11) is 0. The number of carbonyl (C=O) groups is 2. The number of piperazine rings is 1. The van der Waals surface area contributed by atoms with Crippen molar-refractivity contribution in [3.63, 3.8) is 0 Å². The first-order valence-corrected chi connectivity index (χ1v) is 14.9. The molecule has 0 N–H and O–H groups in total. The molecule has 39 heavy (non-hydrogen) atoms. The maximum Gasteiger partial charge on any atom is 0.246 e. The summed E-state index contributed by atoms with van der Waals surface area (Å²) in [6.07, 6.45) is 11.7. The summed E-state index contributed by atoms with van der Waals surface area (Å²) >= 11 is 1.63. The van der Waals surface area contributed by atoms with Crippen LogP contribution >= 0.6 is 11.3 Å². The number of carbonyl (C=O) groups excluding carboxylic acids is 2. The molecule has 1 fully saturated rings. The molecule has 0 saturated carbocycles. The van der Waals surface area contributed by atoms with Gasteiger partial charge in [0.05, 0.1) is 5.52 Å². The van der Waals surface area contributed by atoms with Gasteiger partial charge in [0.25, 0.3) is 0 Å². The third-order valence-corrected chi connectivity index (χ3v) is 8.58. The number of pyridine rings is 1. The van der Waals surface area contributed by atoms with E-state index in [0.717, 1.165) is 59.5 Å². The van der Waals surface area contributed by atoms with Crippen LogP contribution in [0.25, 0.3) is 17.0 Å². The van der Waals surface area contributed by atoms with Crippen LogP contribution in [0.1, 0.15) is 55.0 Å². The van der Waals surface area contributed by atoms with Crippen molar-refractivity contribution in [1.82, 2.24) is 14.8 Å². The summed E-state index contributed by atoms with van der Waals surface area (Å²) in [6, 6.07) is 12.6. The maximum atomic E-state index is 13.6. The van der Waals surface area contributed by atoms with E-state index in [4.69, 9.17) is 4.98 Å². The summed E-state index contributed by atoms with van der Waals surface area (Å²) in [5, 5.41) is 3.12. The van der Waals surface area contributed by atoms with Crippen molar-refractivity contribution < 1.29 is 9.59 Å². The molecular formula is C32H38N4O2S. The smallest absolute Gasteiger partial charge is 0.246 e. The fraction of sp³-hybridized carbons (Fsp3) is 0.406. The molecule has 0 unspecified atom stereocenters. The number of thiophene rings is 1. The Labute approximate surface area is 235 Å². The van der Waals surface area contributed by atoms with Crippen molar-refractivity contribution in [2.24, 2.45) is 0 Å². The largest absolute Gasteiger partial charge is 0.353 e. The molecule has 1 aliphatic heterocycles. The third-order valence-electron chi connectivity index (χ3n) is 7.74. The Balaban J connectivity index is 1.45. The first-order valence-electron chi connectivity index (χ1n) is 14.1. The van der Waals surface area contributed by atoms with Crippen molar-refractivity contribution in [2.75, 3.05) is 37.6 Å². The number of nitrogens with zero attached hydrogens (tertiary/aromatic N) is 4. The van der Waals surface area contributed by atoms with Gasteiger partial charge in [-0.25, -0.2) is 4.98 Å². The number of amides is 2. The standard InChI is InChI=1S/C32H38N4O2S/c1-24-10-12-30-27(21-24)22-28(32(33-30)35-18-16-34(17-19-35)25(2)37)23-36(15-14-26-7-4-3-5-8-26)31(38)13-11-29-9-6-20-39-29/h6-7,9-13,20-22H,3-5,8,14-19,23H2,1-2H3/b13-11+. The number of anilines is 1. The molecule has 5 rings (SSSR count). The monoisotopic (exact) mass is 542 g/mol. The van der Waals surface area contributed by atoms with Gasteiger partial charge in [-0.15, -0.1) is 11.3 Å². The van der Waals surface area contributed by atoms with Crippen LogP contribution in [0.4, 0.5) is 5.82 Å². The minimum absolute atomic E-state index is 0.0245. The minimum atomic E-state index is 0.0245. The molecule has 0 radical (unpaired) electrons. The van der Waals surface area contributed by atoms with Gasteiger partial charge in [0.15, 0.2) is 0 Å². The molecule has 0 spiro atoms. The van der Waals surface area contributed by atoms with Crippen LogP contribution in [0.5, 0.6) is 0 Å². The lowest BCUT2D eigenvalue weighted by molar-refractivity contribution is -0.129.